The second-order valence-electron chi connectivity index (χ2n) is 7.07. The summed E-state index contributed by atoms with van der Waals surface area (Å²) in [6.45, 7) is 8.03. The maximum absolute atomic E-state index is 12.0. The van der Waals surface area contributed by atoms with E-state index < -0.39 is 0 Å². The Labute approximate surface area is 167 Å². The van der Waals surface area contributed by atoms with E-state index >= 15 is 0 Å². The third kappa shape index (κ3) is 5.12. The fraction of sp³-hybridized carbons (Fsp3) is 0.391. The standard InChI is InChI=1S/C23H30N4O/c1-3-24-22(28)20-12-8-9-18(15-20)16-26-23(25-4-2)27-14-13-21(17-27)19-10-6-5-7-11-19/h5-12,15,21H,3-4,13-14,16-17H2,1-2H3,(H,24,28)(H,25,26). The number of benzene rings is 2. The van der Waals surface area contributed by atoms with Crippen LogP contribution in [0.5, 0.6) is 0 Å². The van der Waals surface area contributed by atoms with Crippen molar-refractivity contribution in [3.63, 3.8) is 0 Å². The summed E-state index contributed by atoms with van der Waals surface area (Å²) in [5.41, 5.74) is 3.12. The lowest BCUT2D eigenvalue weighted by molar-refractivity contribution is 0.0955. The van der Waals surface area contributed by atoms with Crippen LogP contribution in [-0.2, 0) is 6.54 Å². The van der Waals surface area contributed by atoms with Gasteiger partial charge in [0, 0.05) is 37.7 Å². The maximum atomic E-state index is 12.0. The molecule has 0 saturated carbocycles. The van der Waals surface area contributed by atoms with Gasteiger partial charge in [-0.1, -0.05) is 42.5 Å². The number of hydrogen-bond donors (Lipinski definition) is 2. The van der Waals surface area contributed by atoms with Gasteiger partial charge in [-0.3, -0.25) is 4.79 Å². The van der Waals surface area contributed by atoms with Gasteiger partial charge < -0.3 is 15.5 Å². The van der Waals surface area contributed by atoms with E-state index in [1.54, 1.807) is 0 Å². The van der Waals surface area contributed by atoms with Crippen molar-refractivity contribution in [2.45, 2.75) is 32.7 Å². The second-order valence-corrected chi connectivity index (χ2v) is 7.07. The summed E-state index contributed by atoms with van der Waals surface area (Å²) in [6, 6.07) is 18.4. The third-order valence-electron chi connectivity index (χ3n) is 5.03. The minimum atomic E-state index is -0.0366. The average molecular weight is 379 g/mol. The molecule has 3 rings (SSSR count). The number of aliphatic imine (C=N–C) groups is 1. The number of carbonyl (C=O) groups excluding carboxylic acids is 1. The van der Waals surface area contributed by atoms with E-state index in [0.717, 1.165) is 37.6 Å². The summed E-state index contributed by atoms with van der Waals surface area (Å²) in [7, 11) is 0. The molecular formula is C23H30N4O. The molecule has 0 aromatic heterocycles. The van der Waals surface area contributed by atoms with E-state index in [4.69, 9.17) is 4.99 Å². The summed E-state index contributed by atoms with van der Waals surface area (Å²) in [6.07, 6.45) is 1.14. The highest BCUT2D eigenvalue weighted by molar-refractivity contribution is 5.94. The van der Waals surface area contributed by atoms with E-state index in [0.29, 0.717) is 24.6 Å². The minimum absolute atomic E-state index is 0.0366. The molecule has 1 saturated heterocycles. The van der Waals surface area contributed by atoms with E-state index in [1.807, 2.05) is 31.2 Å². The topological polar surface area (TPSA) is 56.7 Å². The molecule has 1 unspecified atom stereocenters. The zero-order valence-corrected chi connectivity index (χ0v) is 16.8. The number of nitrogens with one attached hydrogen (secondary N) is 2. The Morgan fingerprint density at radius 3 is 2.61 bits per heavy atom. The van der Waals surface area contributed by atoms with Crippen LogP contribution in [0.2, 0.25) is 0 Å². The van der Waals surface area contributed by atoms with Crippen LogP contribution in [0, 0.1) is 0 Å². The molecule has 148 valence electrons. The van der Waals surface area contributed by atoms with Crippen LogP contribution in [0.1, 0.15) is 47.7 Å². The molecule has 5 heteroatoms. The molecule has 0 bridgehead atoms. The van der Waals surface area contributed by atoms with E-state index in [-0.39, 0.29) is 5.91 Å². The molecule has 0 aliphatic carbocycles. The Bertz CT molecular complexity index is 803. The van der Waals surface area contributed by atoms with Gasteiger partial charge in [0.15, 0.2) is 5.96 Å². The lowest BCUT2D eigenvalue weighted by Crippen LogP contribution is -2.40. The van der Waals surface area contributed by atoms with Crippen molar-refractivity contribution in [1.29, 1.82) is 0 Å². The number of guanidine groups is 1. The molecule has 2 aromatic rings. The molecule has 28 heavy (non-hydrogen) atoms. The van der Waals surface area contributed by atoms with Crippen LogP contribution >= 0.6 is 0 Å². The van der Waals surface area contributed by atoms with Crippen LogP contribution in [0.4, 0.5) is 0 Å². The molecule has 0 radical (unpaired) electrons. The van der Waals surface area contributed by atoms with Gasteiger partial charge in [0.05, 0.1) is 6.54 Å². The van der Waals surface area contributed by atoms with Crippen molar-refractivity contribution in [1.82, 2.24) is 15.5 Å². The zero-order chi connectivity index (χ0) is 19.8. The molecule has 1 fully saturated rings. The molecule has 2 aromatic carbocycles. The normalized spacial score (nSPS) is 16.9. The Morgan fingerprint density at radius 2 is 1.86 bits per heavy atom. The smallest absolute Gasteiger partial charge is 0.251 e. The number of likely N-dealkylation sites (tertiary alicyclic amines) is 1. The first kappa shape index (κ1) is 19.9. The van der Waals surface area contributed by atoms with Gasteiger partial charge in [-0.25, -0.2) is 4.99 Å². The van der Waals surface area contributed by atoms with Crippen LogP contribution in [-0.4, -0.2) is 42.9 Å². The van der Waals surface area contributed by atoms with Gasteiger partial charge in [-0.2, -0.15) is 0 Å². The summed E-state index contributed by atoms with van der Waals surface area (Å²) in [5.74, 6) is 1.46. The van der Waals surface area contributed by atoms with Crippen molar-refractivity contribution in [3.8, 4) is 0 Å². The van der Waals surface area contributed by atoms with Crippen LogP contribution in [0.15, 0.2) is 59.6 Å². The summed E-state index contributed by atoms with van der Waals surface area (Å²) in [5, 5.41) is 6.27. The maximum Gasteiger partial charge on any atom is 0.251 e. The van der Waals surface area contributed by atoms with Crippen molar-refractivity contribution < 1.29 is 4.79 Å². The Morgan fingerprint density at radius 1 is 1.07 bits per heavy atom. The van der Waals surface area contributed by atoms with Gasteiger partial charge in [-0.15, -0.1) is 0 Å². The Kier molecular flexibility index (Phi) is 7.06. The number of rotatable bonds is 6. The molecule has 1 atom stereocenters. The van der Waals surface area contributed by atoms with Crippen LogP contribution in [0.25, 0.3) is 0 Å². The van der Waals surface area contributed by atoms with Crippen LogP contribution in [0.3, 0.4) is 0 Å². The average Bonchev–Trinajstić information content (AvgIpc) is 3.22. The zero-order valence-electron chi connectivity index (χ0n) is 16.8. The summed E-state index contributed by atoms with van der Waals surface area (Å²) >= 11 is 0. The first-order valence-corrected chi connectivity index (χ1v) is 10.2. The highest BCUT2D eigenvalue weighted by atomic mass is 16.1. The molecule has 5 nitrogen and oxygen atoms in total. The van der Waals surface area contributed by atoms with Crippen molar-refractivity contribution in [2.24, 2.45) is 4.99 Å². The van der Waals surface area contributed by atoms with E-state index in [1.165, 1.54) is 5.56 Å². The summed E-state index contributed by atoms with van der Waals surface area (Å²) < 4.78 is 0. The van der Waals surface area contributed by atoms with E-state index in [9.17, 15) is 4.79 Å². The summed E-state index contributed by atoms with van der Waals surface area (Å²) in [4.78, 5) is 19.2. The van der Waals surface area contributed by atoms with Crippen molar-refractivity contribution in [3.05, 3.63) is 71.3 Å². The number of amides is 1. The Balaban J connectivity index is 1.68. The molecule has 0 spiro atoms. The van der Waals surface area contributed by atoms with Crippen LogP contribution < -0.4 is 10.6 Å². The van der Waals surface area contributed by atoms with Gasteiger partial charge in [0.25, 0.3) is 5.91 Å². The lowest BCUT2D eigenvalue weighted by atomic mass is 9.99. The number of carbonyl (C=O) groups is 1. The third-order valence-corrected chi connectivity index (χ3v) is 5.03. The fourth-order valence-corrected chi connectivity index (χ4v) is 3.62. The quantitative estimate of drug-likeness (QED) is 0.598. The Hall–Kier alpha value is -2.82. The van der Waals surface area contributed by atoms with Crippen molar-refractivity contribution >= 4 is 11.9 Å². The highest BCUT2D eigenvalue weighted by Gasteiger charge is 2.25. The minimum Gasteiger partial charge on any atom is -0.357 e. The van der Waals surface area contributed by atoms with Crippen molar-refractivity contribution in [2.75, 3.05) is 26.2 Å². The largest absolute Gasteiger partial charge is 0.357 e. The molecule has 1 heterocycles. The molecule has 2 N–H and O–H groups in total. The second kappa shape index (κ2) is 9.93. The van der Waals surface area contributed by atoms with Gasteiger partial charge in [0.1, 0.15) is 0 Å². The van der Waals surface area contributed by atoms with Gasteiger partial charge in [-0.05, 0) is 43.5 Å². The fourth-order valence-electron chi connectivity index (χ4n) is 3.62. The van der Waals surface area contributed by atoms with Gasteiger partial charge >= 0.3 is 0 Å². The number of nitrogens with zero attached hydrogens (tertiary/aromatic N) is 2. The SMILES string of the molecule is CCNC(=O)c1cccc(CN=C(NCC)N2CCC(c3ccccc3)C2)c1. The molecule has 1 aliphatic heterocycles. The predicted octanol–water partition coefficient (Wildman–Crippen LogP) is 3.39. The first-order valence-electron chi connectivity index (χ1n) is 10.2. The molecular weight excluding hydrogens is 348 g/mol. The molecule has 1 amide bonds. The number of hydrogen-bond acceptors (Lipinski definition) is 2. The monoisotopic (exact) mass is 378 g/mol. The first-order chi connectivity index (χ1) is 13.7. The van der Waals surface area contributed by atoms with E-state index in [2.05, 4.69) is 52.8 Å². The van der Waals surface area contributed by atoms with Gasteiger partial charge in [0.2, 0.25) is 0 Å². The highest BCUT2D eigenvalue weighted by Crippen LogP contribution is 2.27. The molecule has 1 aliphatic rings. The lowest BCUT2D eigenvalue weighted by Gasteiger charge is -2.22. The predicted molar refractivity (Wildman–Crippen MR) is 115 cm³/mol.